The van der Waals surface area contributed by atoms with E-state index in [0.717, 1.165) is 43.9 Å². The monoisotopic (exact) mass is 383 g/mol. The third-order valence-corrected chi connectivity index (χ3v) is 5.43. The van der Waals surface area contributed by atoms with Crippen molar-refractivity contribution in [2.75, 3.05) is 26.2 Å². The van der Waals surface area contributed by atoms with Crippen molar-refractivity contribution in [3.8, 4) is 0 Å². The van der Waals surface area contributed by atoms with Crippen LogP contribution in [0.15, 0.2) is 41.7 Å². The van der Waals surface area contributed by atoms with E-state index in [-0.39, 0.29) is 0 Å². The number of aryl methyl sites for hydroxylation is 1. The third-order valence-electron chi connectivity index (χ3n) is 5.43. The number of aliphatic imine (C=N–C) groups is 1. The number of benzene rings is 1. The lowest BCUT2D eigenvalue weighted by Gasteiger charge is -2.37. The van der Waals surface area contributed by atoms with Crippen LogP contribution in [0.3, 0.4) is 0 Å². The molecule has 0 aliphatic carbocycles. The molecule has 0 bridgehead atoms. The van der Waals surface area contributed by atoms with E-state index < -0.39 is 0 Å². The molecule has 1 aliphatic rings. The van der Waals surface area contributed by atoms with Gasteiger partial charge in [-0.3, -0.25) is 9.58 Å². The highest BCUT2D eigenvalue weighted by molar-refractivity contribution is 5.79. The fraction of sp³-hybridized carbons (Fsp3) is 0.571. The normalized spacial score (nSPS) is 17.5. The van der Waals surface area contributed by atoms with Crippen LogP contribution in [0.2, 0.25) is 0 Å². The molecule has 28 heavy (non-hydrogen) atoms. The first kappa shape index (κ1) is 20.3. The summed E-state index contributed by atoms with van der Waals surface area (Å²) in [6.45, 7) is 8.88. The molecule has 7 nitrogen and oxygen atoms in total. The summed E-state index contributed by atoms with van der Waals surface area (Å²) in [5.74, 6) is 2.49. The topological polar surface area (TPSA) is 70.4 Å². The standard InChI is InChI=1S/C21H33N7/c1-4-22-21(24-15-20-25-16-26-27(20)3)23-14-19(18-8-6-5-7-9-18)28-12-10-17(2)11-13-28/h5-9,16-17,19H,4,10-15H2,1-3H3,(H2,22,23,24). The quantitative estimate of drug-likeness (QED) is 0.567. The van der Waals surface area contributed by atoms with Crippen LogP contribution in [0, 0.1) is 5.92 Å². The SMILES string of the molecule is CCNC(=NCc1ncnn1C)NCC(c1ccccc1)N1CCC(C)CC1. The molecule has 2 N–H and O–H groups in total. The van der Waals surface area contributed by atoms with Crippen molar-refractivity contribution < 1.29 is 0 Å². The molecule has 1 aromatic carbocycles. The van der Waals surface area contributed by atoms with Gasteiger partial charge in [-0.2, -0.15) is 5.10 Å². The molecule has 7 heteroatoms. The van der Waals surface area contributed by atoms with E-state index in [4.69, 9.17) is 4.99 Å². The number of hydrogen-bond acceptors (Lipinski definition) is 4. The number of aromatic nitrogens is 3. The van der Waals surface area contributed by atoms with Crippen molar-refractivity contribution in [2.24, 2.45) is 18.0 Å². The summed E-state index contributed by atoms with van der Waals surface area (Å²) >= 11 is 0. The predicted octanol–water partition coefficient (Wildman–Crippen LogP) is 2.34. The summed E-state index contributed by atoms with van der Waals surface area (Å²) in [5.41, 5.74) is 1.36. The van der Waals surface area contributed by atoms with Gasteiger partial charge in [0.1, 0.15) is 18.7 Å². The zero-order chi connectivity index (χ0) is 19.8. The molecule has 2 aromatic rings. The third kappa shape index (κ3) is 5.55. The number of piperidine rings is 1. The van der Waals surface area contributed by atoms with Gasteiger partial charge in [-0.1, -0.05) is 37.3 Å². The number of guanidine groups is 1. The first-order valence-corrected chi connectivity index (χ1v) is 10.3. The van der Waals surface area contributed by atoms with E-state index in [1.54, 1.807) is 11.0 Å². The fourth-order valence-electron chi connectivity index (χ4n) is 3.62. The number of hydrogen-bond donors (Lipinski definition) is 2. The summed E-state index contributed by atoms with van der Waals surface area (Å²) in [6.07, 6.45) is 4.10. The van der Waals surface area contributed by atoms with Gasteiger partial charge in [0.2, 0.25) is 0 Å². The van der Waals surface area contributed by atoms with Crippen LogP contribution in [0.1, 0.15) is 44.1 Å². The lowest BCUT2D eigenvalue weighted by atomic mass is 9.95. The average Bonchev–Trinajstić information content (AvgIpc) is 3.13. The molecular formula is C21H33N7. The summed E-state index contributed by atoms with van der Waals surface area (Å²) in [7, 11) is 1.89. The molecule has 1 aromatic heterocycles. The van der Waals surface area contributed by atoms with E-state index in [2.05, 4.69) is 69.8 Å². The highest BCUT2D eigenvalue weighted by Crippen LogP contribution is 2.26. The second kappa shape index (κ2) is 10.2. The van der Waals surface area contributed by atoms with Crippen molar-refractivity contribution >= 4 is 5.96 Å². The van der Waals surface area contributed by atoms with Crippen LogP contribution in [-0.4, -0.2) is 51.8 Å². The maximum Gasteiger partial charge on any atom is 0.191 e. The lowest BCUT2D eigenvalue weighted by Crippen LogP contribution is -2.45. The van der Waals surface area contributed by atoms with Crippen molar-refractivity contribution in [3.05, 3.63) is 48.0 Å². The number of rotatable bonds is 7. The summed E-state index contributed by atoms with van der Waals surface area (Å²) < 4.78 is 1.76. The minimum Gasteiger partial charge on any atom is -0.357 e. The van der Waals surface area contributed by atoms with Gasteiger partial charge < -0.3 is 10.6 Å². The highest BCUT2D eigenvalue weighted by atomic mass is 15.3. The van der Waals surface area contributed by atoms with E-state index in [1.165, 1.54) is 18.4 Å². The van der Waals surface area contributed by atoms with E-state index in [0.29, 0.717) is 12.6 Å². The smallest absolute Gasteiger partial charge is 0.191 e. The summed E-state index contributed by atoms with van der Waals surface area (Å²) in [6, 6.07) is 11.1. The Balaban J connectivity index is 1.68. The van der Waals surface area contributed by atoms with Gasteiger partial charge in [0.15, 0.2) is 5.96 Å². The van der Waals surface area contributed by atoms with Gasteiger partial charge in [0, 0.05) is 20.1 Å². The van der Waals surface area contributed by atoms with Gasteiger partial charge in [-0.25, -0.2) is 9.98 Å². The van der Waals surface area contributed by atoms with Crippen LogP contribution in [0.5, 0.6) is 0 Å². The molecule has 0 radical (unpaired) electrons. The molecule has 1 saturated heterocycles. The maximum absolute atomic E-state index is 4.69. The van der Waals surface area contributed by atoms with Gasteiger partial charge in [0.05, 0.1) is 6.04 Å². The van der Waals surface area contributed by atoms with Crippen LogP contribution in [0.25, 0.3) is 0 Å². The minimum absolute atomic E-state index is 0.340. The minimum atomic E-state index is 0.340. The first-order chi connectivity index (χ1) is 13.7. The second-order valence-electron chi connectivity index (χ2n) is 7.52. The zero-order valence-corrected chi connectivity index (χ0v) is 17.3. The highest BCUT2D eigenvalue weighted by Gasteiger charge is 2.24. The van der Waals surface area contributed by atoms with Crippen LogP contribution < -0.4 is 10.6 Å². The Labute approximate surface area is 168 Å². The molecular weight excluding hydrogens is 350 g/mol. The Morgan fingerprint density at radius 2 is 1.96 bits per heavy atom. The molecule has 1 unspecified atom stereocenters. The van der Waals surface area contributed by atoms with Crippen molar-refractivity contribution in [3.63, 3.8) is 0 Å². The van der Waals surface area contributed by atoms with Crippen LogP contribution in [-0.2, 0) is 13.6 Å². The van der Waals surface area contributed by atoms with E-state index >= 15 is 0 Å². The second-order valence-corrected chi connectivity index (χ2v) is 7.52. The molecule has 1 atom stereocenters. The zero-order valence-electron chi connectivity index (χ0n) is 17.3. The molecule has 0 spiro atoms. The molecule has 1 fully saturated rings. The molecule has 1 aliphatic heterocycles. The van der Waals surface area contributed by atoms with Gasteiger partial charge in [-0.15, -0.1) is 0 Å². The Kier molecular flexibility index (Phi) is 7.42. The van der Waals surface area contributed by atoms with Gasteiger partial charge in [-0.05, 0) is 44.3 Å². The number of nitrogens with zero attached hydrogens (tertiary/aromatic N) is 5. The van der Waals surface area contributed by atoms with E-state index in [9.17, 15) is 0 Å². The molecule has 152 valence electrons. The first-order valence-electron chi connectivity index (χ1n) is 10.3. The predicted molar refractivity (Wildman–Crippen MR) is 113 cm³/mol. The average molecular weight is 384 g/mol. The lowest BCUT2D eigenvalue weighted by molar-refractivity contribution is 0.138. The fourth-order valence-corrected chi connectivity index (χ4v) is 3.62. The maximum atomic E-state index is 4.69. The largest absolute Gasteiger partial charge is 0.357 e. The summed E-state index contributed by atoms with van der Waals surface area (Å²) in [4.78, 5) is 11.6. The van der Waals surface area contributed by atoms with Gasteiger partial charge in [0.25, 0.3) is 0 Å². The molecule has 0 amide bonds. The molecule has 3 rings (SSSR count). The summed E-state index contributed by atoms with van der Waals surface area (Å²) in [5, 5.41) is 11.0. The Morgan fingerprint density at radius 3 is 2.61 bits per heavy atom. The van der Waals surface area contributed by atoms with Crippen molar-refractivity contribution in [1.29, 1.82) is 0 Å². The van der Waals surface area contributed by atoms with Gasteiger partial charge >= 0.3 is 0 Å². The Morgan fingerprint density at radius 1 is 1.21 bits per heavy atom. The number of nitrogens with one attached hydrogen (secondary N) is 2. The van der Waals surface area contributed by atoms with Crippen LogP contribution >= 0.6 is 0 Å². The molecule has 0 saturated carbocycles. The Bertz CT molecular complexity index is 732. The van der Waals surface area contributed by atoms with Crippen molar-refractivity contribution in [2.45, 2.75) is 39.3 Å². The van der Waals surface area contributed by atoms with Crippen LogP contribution in [0.4, 0.5) is 0 Å². The Hall–Kier alpha value is -2.41. The molecule has 2 heterocycles. The number of likely N-dealkylation sites (tertiary alicyclic amines) is 1. The van der Waals surface area contributed by atoms with Crippen molar-refractivity contribution in [1.82, 2.24) is 30.3 Å². The van der Waals surface area contributed by atoms with E-state index in [1.807, 2.05) is 7.05 Å².